The van der Waals surface area contributed by atoms with Crippen LogP contribution in [0.5, 0.6) is 0 Å². The topological polar surface area (TPSA) is 109 Å². The number of rotatable bonds is 6. The third-order valence-corrected chi connectivity index (χ3v) is 6.69. The van der Waals surface area contributed by atoms with Crippen LogP contribution in [0.3, 0.4) is 0 Å². The first-order valence-electron chi connectivity index (χ1n) is 11.7. The van der Waals surface area contributed by atoms with Crippen LogP contribution in [0.4, 0.5) is 5.82 Å². The molecule has 3 atom stereocenters. The monoisotopic (exact) mass is 436 g/mol. The lowest BCUT2D eigenvalue weighted by Gasteiger charge is -2.38. The van der Waals surface area contributed by atoms with Crippen LogP contribution < -0.4 is 15.8 Å². The summed E-state index contributed by atoms with van der Waals surface area (Å²) >= 11 is 0. The molecule has 3 fully saturated rings. The Morgan fingerprint density at radius 2 is 1.84 bits per heavy atom. The Labute approximate surface area is 183 Å². The molecule has 2 saturated heterocycles. The molecule has 0 radical (unpaired) electrons. The maximum absolute atomic E-state index is 12.5. The molecule has 1 aromatic heterocycles. The van der Waals surface area contributed by atoms with E-state index in [-0.39, 0.29) is 30.9 Å². The number of ether oxygens (including phenoxy) is 2. The van der Waals surface area contributed by atoms with Gasteiger partial charge in [-0.3, -0.25) is 4.79 Å². The number of nitrogens with zero attached hydrogens (tertiary/aromatic N) is 3. The minimum absolute atomic E-state index is 0.156. The Bertz CT molecular complexity index is 765. The number of aliphatic hydroxyl groups is 2. The molecule has 0 bridgehead atoms. The van der Waals surface area contributed by atoms with Crippen molar-refractivity contribution < 1.29 is 19.7 Å². The predicted molar refractivity (Wildman–Crippen MR) is 116 cm³/mol. The molecular formula is C22H36N4O5. The molecule has 9 heteroatoms. The Balaban J connectivity index is 1.43. The van der Waals surface area contributed by atoms with Crippen molar-refractivity contribution in [1.82, 2.24) is 15.1 Å². The van der Waals surface area contributed by atoms with Crippen molar-refractivity contribution in [2.45, 2.75) is 68.7 Å². The third kappa shape index (κ3) is 5.64. The second-order valence-corrected chi connectivity index (χ2v) is 9.20. The predicted octanol–water partition coefficient (Wildman–Crippen LogP) is 0.446. The van der Waals surface area contributed by atoms with Gasteiger partial charge in [0.15, 0.2) is 0 Å². The summed E-state index contributed by atoms with van der Waals surface area (Å²) in [6.07, 6.45) is 6.22. The van der Waals surface area contributed by atoms with Crippen LogP contribution in [0, 0.1) is 0 Å². The molecule has 4 rings (SSSR count). The van der Waals surface area contributed by atoms with Crippen molar-refractivity contribution in [1.29, 1.82) is 0 Å². The molecular weight excluding hydrogens is 400 g/mol. The minimum Gasteiger partial charge on any atom is -0.391 e. The Hall–Kier alpha value is -1.52. The van der Waals surface area contributed by atoms with Crippen LogP contribution in [0.1, 0.15) is 51.0 Å². The van der Waals surface area contributed by atoms with Crippen molar-refractivity contribution in [3.63, 3.8) is 0 Å². The van der Waals surface area contributed by atoms with E-state index in [4.69, 9.17) is 14.6 Å². The summed E-state index contributed by atoms with van der Waals surface area (Å²) < 4.78 is 12.4. The van der Waals surface area contributed by atoms with Crippen LogP contribution in [-0.4, -0.2) is 83.8 Å². The van der Waals surface area contributed by atoms with Gasteiger partial charge < -0.3 is 29.9 Å². The van der Waals surface area contributed by atoms with Crippen LogP contribution in [0.15, 0.2) is 16.9 Å². The molecule has 3 N–H and O–H groups in total. The molecule has 31 heavy (non-hydrogen) atoms. The highest BCUT2D eigenvalue weighted by atomic mass is 16.6. The zero-order chi connectivity index (χ0) is 21.7. The highest BCUT2D eigenvalue weighted by Crippen LogP contribution is 2.28. The fourth-order valence-corrected chi connectivity index (χ4v) is 4.95. The van der Waals surface area contributed by atoms with Gasteiger partial charge in [0.1, 0.15) is 11.4 Å². The molecule has 1 saturated carbocycles. The van der Waals surface area contributed by atoms with E-state index in [1.54, 1.807) is 12.1 Å². The van der Waals surface area contributed by atoms with E-state index in [9.17, 15) is 15.0 Å². The van der Waals surface area contributed by atoms with Crippen molar-refractivity contribution in [3.8, 4) is 0 Å². The summed E-state index contributed by atoms with van der Waals surface area (Å²) in [5, 5.41) is 29.2. The van der Waals surface area contributed by atoms with Gasteiger partial charge in [-0.25, -0.2) is 4.68 Å². The molecule has 0 spiro atoms. The van der Waals surface area contributed by atoms with E-state index in [0.29, 0.717) is 26.3 Å². The minimum atomic E-state index is -1.02. The number of anilines is 1. The van der Waals surface area contributed by atoms with E-state index >= 15 is 0 Å². The van der Waals surface area contributed by atoms with Crippen molar-refractivity contribution >= 4 is 5.82 Å². The van der Waals surface area contributed by atoms with E-state index < -0.39 is 11.7 Å². The summed E-state index contributed by atoms with van der Waals surface area (Å²) in [4.78, 5) is 14.8. The standard InChI is InChI=1S/C22H36N4O5/c27-19-7-2-1-6-18(19)26-21(28)9-8-20(24-26)25-10-4-3-5-17(25)13-23-14-22(29)15-30-11-12-31-16-22/h8-9,17-19,23,27,29H,1-7,10-16H2. The number of hydrogen-bond donors (Lipinski definition) is 3. The Kier molecular flexibility index (Phi) is 7.60. The molecule has 0 aromatic carbocycles. The van der Waals surface area contributed by atoms with E-state index in [1.165, 1.54) is 4.68 Å². The molecule has 3 unspecified atom stereocenters. The SMILES string of the molecule is O=c1ccc(N2CCCCC2CNCC2(O)COCCOC2)nn1C1CCCCC1O. The van der Waals surface area contributed by atoms with Gasteiger partial charge in [0.2, 0.25) is 0 Å². The molecule has 9 nitrogen and oxygen atoms in total. The van der Waals surface area contributed by atoms with E-state index in [0.717, 1.165) is 57.3 Å². The maximum atomic E-state index is 12.5. The first-order valence-corrected chi connectivity index (χ1v) is 11.7. The summed E-state index contributed by atoms with van der Waals surface area (Å²) in [6.45, 7) is 3.54. The van der Waals surface area contributed by atoms with Gasteiger partial charge in [-0.05, 0) is 38.2 Å². The molecule has 1 aliphatic carbocycles. The van der Waals surface area contributed by atoms with Gasteiger partial charge in [-0.2, -0.15) is 5.10 Å². The highest BCUT2D eigenvalue weighted by molar-refractivity contribution is 5.39. The van der Waals surface area contributed by atoms with Gasteiger partial charge in [-0.1, -0.05) is 12.8 Å². The highest BCUT2D eigenvalue weighted by Gasteiger charge is 2.31. The number of piperidine rings is 1. The molecule has 2 aliphatic heterocycles. The summed E-state index contributed by atoms with van der Waals surface area (Å²) in [6, 6.07) is 3.35. The lowest BCUT2D eigenvalue weighted by Crippen LogP contribution is -2.52. The number of hydrogen-bond acceptors (Lipinski definition) is 8. The van der Waals surface area contributed by atoms with Crippen LogP contribution in [-0.2, 0) is 9.47 Å². The van der Waals surface area contributed by atoms with E-state index in [1.807, 2.05) is 0 Å². The lowest BCUT2D eigenvalue weighted by atomic mass is 9.93. The average molecular weight is 437 g/mol. The zero-order valence-corrected chi connectivity index (χ0v) is 18.2. The smallest absolute Gasteiger partial charge is 0.267 e. The molecule has 0 amide bonds. The number of nitrogens with one attached hydrogen (secondary N) is 1. The lowest BCUT2D eigenvalue weighted by molar-refractivity contribution is -0.0531. The van der Waals surface area contributed by atoms with Gasteiger partial charge in [0.25, 0.3) is 5.56 Å². The first-order chi connectivity index (χ1) is 15.1. The fourth-order valence-electron chi connectivity index (χ4n) is 4.95. The summed E-state index contributed by atoms with van der Waals surface area (Å²) in [7, 11) is 0. The van der Waals surface area contributed by atoms with Crippen molar-refractivity contribution in [3.05, 3.63) is 22.5 Å². The van der Waals surface area contributed by atoms with Gasteiger partial charge in [0, 0.05) is 31.7 Å². The second-order valence-electron chi connectivity index (χ2n) is 9.20. The van der Waals surface area contributed by atoms with Crippen LogP contribution in [0.25, 0.3) is 0 Å². The van der Waals surface area contributed by atoms with Gasteiger partial charge in [-0.15, -0.1) is 0 Å². The van der Waals surface area contributed by atoms with Crippen molar-refractivity contribution in [2.24, 2.45) is 0 Å². The van der Waals surface area contributed by atoms with Gasteiger partial charge in [0.05, 0.1) is 38.6 Å². The quantitative estimate of drug-likeness (QED) is 0.590. The Morgan fingerprint density at radius 3 is 2.61 bits per heavy atom. The largest absolute Gasteiger partial charge is 0.391 e. The second kappa shape index (κ2) is 10.4. The molecule has 174 valence electrons. The third-order valence-electron chi connectivity index (χ3n) is 6.69. The average Bonchev–Trinajstić information content (AvgIpc) is 3.00. The molecule has 1 aromatic rings. The van der Waals surface area contributed by atoms with Gasteiger partial charge >= 0.3 is 0 Å². The summed E-state index contributed by atoms with van der Waals surface area (Å²) in [5.74, 6) is 0.781. The zero-order valence-electron chi connectivity index (χ0n) is 18.2. The van der Waals surface area contributed by atoms with Crippen LogP contribution in [0.2, 0.25) is 0 Å². The van der Waals surface area contributed by atoms with Crippen LogP contribution >= 0.6 is 0 Å². The maximum Gasteiger partial charge on any atom is 0.267 e. The fraction of sp³-hybridized carbons (Fsp3) is 0.818. The molecule has 3 aliphatic rings. The van der Waals surface area contributed by atoms with E-state index in [2.05, 4.69) is 10.2 Å². The first kappa shape index (κ1) is 22.7. The molecule has 3 heterocycles. The number of aliphatic hydroxyl groups excluding tert-OH is 1. The normalized spacial score (nSPS) is 29.5. The summed E-state index contributed by atoms with van der Waals surface area (Å²) in [5.41, 5.74) is -1.17. The van der Waals surface area contributed by atoms with Crippen molar-refractivity contribution in [2.75, 3.05) is 51.0 Å². The number of aromatic nitrogens is 2. The Morgan fingerprint density at radius 1 is 1.10 bits per heavy atom.